The van der Waals surface area contributed by atoms with Gasteiger partial charge in [0.05, 0.1) is 0 Å². The first kappa shape index (κ1) is 21.0. The van der Waals surface area contributed by atoms with Crippen LogP contribution in [0.3, 0.4) is 0 Å². The van der Waals surface area contributed by atoms with Gasteiger partial charge >= 0.3 is 0 Å². The zero-order chi connectivity index (χ0) is 18.4. The molecular weight excluding hydrogens is 410 g/mol. The number of nitrogens with zero attached hydrogens (tertiary/aromatic N) is 2. The molecule has 0 amide bonds. The van der Waals surface area contributed by atoms with Crippen molar-refractivity contribution in [3.8, 4) is 0 Å². The molecular formula is C17H26ClN3O4S2. The lowest BCUT2D eigenvalue weighted by Crippen LogP contribution is -2.40. The molecule has 0 saturated carbocycles. The van der Waals surface area contributed by atoms with Crippen LogP contribution in [-0.2, 0) is 20.0 Å². The lowest BCUT2D eigenvalue weighted by atomic mass is 10.1. The van der Waals surface area contributed by atoms with Crippen LogP contribution in [0.15, 0.2) is 34.1 Å². The van der Waals surface area contributed by atoms with E-state index < -0.39 is 20.0 Å². The molecule has 4 rings (SSSR count). The van der Waals surface area contributed by atoms with Gasteiger partial charge in [0.25, 0.3) is 0 Å². The number of rotatable bonds is 4. The quantitative estimate of drug-likeness (QED) is 0.772. The molecule has 1 N–H and O–H groups in total. The highest BCUT2D eigenvalue weighted by molar-refractivity contribution is 7.92. The maximum absolute atomic E-state index is 13.3. The fourth-order valence-electron chi connectivity index (χ4n) is 4.21. The number of sulfonamides is 2. The Morgan fingerprint density at radius 2 is 1.33 bits per heavy atom. The fraction of sp³-hybridized carbons (Fsp3) is 0.647. The van der Waals surface area contributed by atoms with Gasteiger partial charge in [-0.25, -0.2) is 16.8 Å². The van der Waals surface area contributed by atoms with Crippen LogP contribution in [0.1, 0.15) is 32.1 Å². The molecule has 152 valence electrons. The molecule has 3 fully saturated rings. The van der Waals surface area contributed by atoms with Crippen LogP contribution in [-0.4, -0.2) is 63.7 Å². The zero-order valence-electron chi connectivity index (χ0n) is 15.1. The Labute approximate surface area is 167 Å². The SMILES string of the molecule is Cl.O=S(=O)(c1ccccc1S(=O)(=O)N1CCC2CCC(C1)N2)N1CCCC1. The van der Waals surface area contributed by atoms with Gasteiger partial charge in [0.15, 0.2) is 0 Å². The van der Waals surface area contributed by atoms with Gasteiger partial charge < -0.3 is 5.32 Å². The molecule has 1 aromatic rings. The monoisotopic (exact) mass is 435 g/mol. The van der Waals surface area contributed by atoms with Crippen molar-refractivity contribution >= 4 is 32.5 Å². The molecule has 3 aliphatic heterocycles. The summed E-state index contributed by atoms with van der Waals surface area (Å²) in [6.45, 7) is 1.73. The van der Waals surface area contributed by atoms with Gasteiger partial charge in [-0.15, -0.1) is 12.4 Å². The van der Waals surface area contributed by atoms with Crippen molar-refractivity contribution in [2.24, 2.45) is 0 Å². The summed E-state index contributed by atoms with van der Waals surface area (Å²) in [5.74, 6) is 0. The van der Waals surface area contributed by atoms with Gasteiger partial charge in [-0.3, -0.25) is 0 Å². The van der Waals surface area contributed by atoms with Gasteiger partial charge in [-0.05, 0) is 44.2 Å². The molecule has 7 nitrogen and oxygen atoms in total. The summed E-state index contributed by atoms with van der Waals surface area (Å²) in [6.07, 6.45) is 4.43. The first-order chi connectivity index (χ1) is 12.4. The number of halogens is 1. The second-order valence-corrected chi connectivity index (χ2v) is 11.2. The van der Waals surface area contributed by atoms with Crippen LogP contribution in [0.5, 0.6) is 0 Å². The van der Waals surface area contributed by atoms with Crippen LogP contribution < -0.4 is 5.32 Å². The van der Waals surface area contributed by atoms with Crippen molar-refractivity contribution in [3.63, 3.8) is 0 Å². The number of benzene rings is 1. The van der Waals surface area contributed by atoms with Gasteiger partial charge in [-0.1, -0.05) is 12.1 Å². The Morgan fingerprint density at radius 1 is 0.778 bits per heavy atom. The minimum atomic E-state index is -3.86. The Kier molecular flexibility index (Phi) is 6.20. The van der Waals surface area contributed by atoms with Crippen LogP contribution in [0.2, 0.25) is 0 Å². The van der Waals surface area contributed by atoms with E-state index in [2.05, 4.69) is 5.32 Å². The molecule has 3 aliphatic rings. The number of nitrogens with one attached hydrogen (secondary N) is 1. The average Bonchev–Trinajstić information content (AvgIpc) is 3.25. The van der Waals surface area contributed by atoms with E-state index in [0.29, 0.717) is 32.2 Å². The zero-order valence-corrected chi connectivity index (χ0v) is 17.5. The van der Waals surface area contributed by atoms with E-state index in [-0.39, 0.29) is 28.2 Å². The van der Waals surface area contributed by atoms with Gasteiger partial charge in [0.1, 0.15) is 9.79 Å². The van der Waals surface area contributed by atoms with Crippen LogP contribution >= 0.6 is 12.4 Å². The van der Waals surface area contributed by atoms with Crippen LogP contribution in [0.25, 0.3) is 0 Å². The summed E-state index contributed by atoms with van der Waals surface area (Å²) in [5.41, 5.74) is 0. The van der Waals surface area contributed by atoms with Crippen molar-refractivity contribution in [2.75, 3.05) is 26.2 Å². The molecule has 3 saturated heterocycles. The third-order valence-corrected chi connectivity index (χ3v) is 9.65. The summed E-state index contributed by atoms with van der Waals surface area (Å²) >= 11 is 0. The number of hydrogen-bond acceptors (Lipinski definition) is 5. The van der Waals surface area contributed by atoms with E-state index in [1.165, 1.54) is 20.7 Å². The van der Waals surface area contributed by atoms with E-state index in [4.69, 9.17) is 0 Å². The van der Waals surface area contributed by atoms with Crippen molar-refractivity contribution in [1.82, 2.24) is 13.9 Å². The topological polar surface area (TPSA) is 86.8 Å². The van der Waals surface area contributed by atoms with Crippen LogP contribution in [0, 0.1) is 0 Å². The Morgan fingerprint density at radius 3 is 1.96 bits per heavy atom. The predicted octanol–water partition coefficient (Wildman–Crippen LogP) is 1.41. The van der Waals surface area contributed by atoms with Gasteiger partial charge in [0.2, 0.25) is 20.0 Å². The molecule has 2 atom stereocenters. The van der Waals surface area contributed by atoms with Crippen molar-refractivity contribution in [2.45, 2.75) is 54.0 Å². The second kappa shape index (κ2) is 7.96. The minimum Gasteiger partial charge on any atom is -0.310 e. The normalized spacial score (nSPS) is 27.3. The largest absolute Gasteiger partial charge is 0.310 e. The van der Waals surface area contributed by atoms with Crippen molar-refractivity contribution in [1.29, 1.82) is 0 Å². The molecule has 2 unspecified atom stereocenters. The third kappa shape index (κ3) is 3.90. The minimum absolute atomic E-state index is 0. The molecule has 27 heavy (non-hydrogen) atoms. The van der Waals surface area contributed by atoms with E-state index in [0.717, 1.165) is 32.1 Å². The van der Waals surface area contributed by atoms with Crippen LogP contribution in [0.4, 0.5) is 0 Å². The number of hydrogen-bond donors (Lipinski definition) is 1. The van der Waals surface area contributed by atoms with E-state index >= 15 is 0 Å². The highest BCUT2D eigenvalue weighted by Gasteiger charge is 2.38. The molecule has 0 radical (unpaired) electrons. The molecule has 0 spiro atoms. The Balaban J connectivity index is 0.00000210. The fourth-order valence-corrected chi connectivity index (χ4v) is 8.01. The van der Waals surface area contributed by atoms with Crippen molar-refractivity contribution < 1.29 is 16.8 Å². The highest BCUT2D eigenvalue weighted by atomic mass is 35.5. The molecule has 3 heterocycles. The molecule has 0 aliphatic carbocycles. The summed E-state index contributed by atoms with van der Waals surface area (Å²) in [7, 11) is -7.66. The lowest BCUT2D eigenvalue weighted by Gasteiger charge is -2.25. The summed E-state index contributed by atoms with van der Waals surface area (Å²) in [4.78, 5) is -0.186. The standard InChI is InChI=1S/C17H25N3O4S2.ClH/c21-25(22,19-10-3-4-11-19)16-5-1-2-6-17(16)26(23,24)20-12-9-14-7-8-15(13-20)18-14;/h1-2,5-6,14-15,18H,3-4,7-13H2;1H. The summed E-state index contributed by atoms with van der Waals surface area (Å²) < 4.78 is 55.5. The maximum Gasteiger partial charge on any atom is 0.244 e. The maximum atomic E-state index is 13.3. The van der Waals surface area contributed by atoms with E-state index in [1.807, 2.05) is 0 Å². The van der Waals surface area contributed by atoms with Gasteiger partial charge in [0, 0.05) is 38.3 Å². The second-order valence-electron chi connectivity index (χ2n) is 7.35. The lowest BCUT2D eigenvalue weighted by molar-refractivity contribution is 0.382. The van der Waals surface area contributed by atoms with Crippen molar-refractivity contribution in [3.05, 3.63) is 24.3 Å². The Bertz CT molecular complexity index is 885. The molecule has 2 bridgehead atoms. The molecule has 0 aromatic heterocycles. The average molecular weight is 436 g/mol. The highest BCUT2D eigenvalue weighted by Crippen LogP contribution is 2.30. The third-order valence-electron chi connectivity index (χ3n) is 5.64. The summed E-state index contributed by atoms with van der Waals surface area (Å²) in [5, 5.41) is 3.46. The first-order valence-corrected chi connectivity index (χ1v) is 12.1. The molecule has 1 aromatic carbocycles. The van der Waals surface area contributed by atoms with E-state index in [1.54, 1.807) is 12.1 Å². The smallest absolute Gasteiger partial charge is 0.244 e. The number of fused-ring (bicyclic) bond motifs is 2. The molecule has 10 heteroatoms. The van der Waals surface area contributed by atoms with Gasteiger partial charge in [-0.2, -0.15) is 8.61 Å². The Hall–Kier alpha value is -0.710. The summed E-state index contributed by atoms with van der Waals surface area (Å²) in [6, 6.07) is 6.55. The predicted molar refractivity (Wildman–Crippen MR) is 105 cm³/mol. The van der Waals surface area contributed by atoms with E-state index in [9.17, 15) is 16.8 Å². The first-order valence-electron chi connectivity index (χ1n) is 9.24.